The molecule has 6 nitrogen and oxygen atoms in total. The average molecular weight is 380 g/mol. The molecule has 3 heterocycles. The van der Waals surface area contributed by atoms with Gasteiger partial charge in [-0.15, -0.1) is 11.3 Å². The van der Waals surface area contributed by atoms with E-state index in [2.05, 4.69) is 25.6 Å². The Kier molecular flexibility index (Phi) is 5.24. The SMILES string of the molecule is O=C(Cc1csc(Nc2ccc(Cl)cn2)n1)Nc1ccc(Cl)nc1. The van der Waals surface area contributed by atoms with Crippen LogP contribution >= 0.6 is 34.5 Å². The molecule has 0 radical (unpaired) electrons. The van der Waals surface area contributed by atoms with Crippen molar-refractivity contribution in [3.63, 3.8) is 0 Å². The van der Waals surface area contributed by atoms with Gasteiger partial charge in [-0.05, 0) is 24.3 Å². The van der Waals surface area contributed by atoms with E-state index < -0.39 is 0 Å². The number of pyridine rings is 2. The highest BCUT2D eigenvalue weighted by Gasteiger charge is 2.09. The summed E-state index contributed by atoms with van der Waals surface area (Å²) >= 11 is 12.9. The van der Waals surface area contributed by atoms with E-state index in [1.165, 1.54) is 17.5 Å². The highest BCUT2D eigenvalue weighted by Crippen LogP contribution is 2.21. The number of nitrogens with zero attached hydrogens (tertiary/aromatic N) is 3. The lowest BCUT2D eigenvalue weighted by molar-refractivity contribution is -0.115. The monoisotopic (exact) mass is 379 g/mol. The van der Waals surface area contributed by atoms with Crippen LogP contribution in [0.15, 0.2) is 42.0 Å². The number of amides is 1. The molecule has 9 heteroatoms. The Bertz CT molecular complexity index is 836. The van der Waals surface area contributed by atoms with E-state index in [0.717, 1.165) is 0 Å². The van der Waals surface area contributed by atoms with Gasteiger partial charge in [0.25, 0.3) is 0 Å². The van der Waals surface area contributed by atoms with Gasteiger partial charge in [0.1, 0.15) is 11.0 Å². The molecule has 0 saturated heterocycles. The Morgan fingerprint density at radius 1 is 1.12 bits per heavy atom. The average Bonchev–Trinajstić information content (AvgIpc) is 2.99. The number of nitrogens with one attached hydrogen (secondary N) is 2. The highest BCUT2D eigenvalue weighted by atomic mass is 35.5. The molecule has 1 amide bonds. The van der Waals surface area contributed by atoms with Crippen LogP contribution < -0.4 is 10.6 Å². The van der Waals surface area contributed by atoms with Gasteiger partial charge in [-0.2, -0.15) is 0 Å². The molecule has 3 aromatic heterocycles. The van der Waals surface area contributed by atoms with Gasteiger partial charge in [-0.1, -0.05) is 23.2 Å². The zero-order valence-electron chi connectivity index (χ0n) is 12.2. The predicted octanol–water partition coefficient (Wildman–Crippen LogP) is 4.16. The molecule has 0 saturated carbocycles. The Morgan fingerprint density at radius 3 is 2.71 bits per heavy atom. The molecule has 0 aliphatic rings. The molecule has 3 rings (SSSR count). The maximum Gasteiger partial charge on any atom is 0.230 e. The highest BCUT2D eigenvalue weighted by molar-refractivity contribution is 7.13. The van der Waals surface area contributed by atoms with Crippen LogP contribution in [0.1, 0.15) is 5.69 Å². The summed E-state index contributed by atoms with van der Waals surface area (Å²) in [5.74, 6) is 0.456. The molecule has 2 N–H and O–H groups in total. The van der Waals surface area contributed by atoms with Crippen LogP contribution in [0.25, 0.3) is 0 Å². The Balaban J connectivity index is 1.58. The second-order valence-corrected chi connectivity index (χ2v) is 6.41. The van der Waals surface area contributed by atoms with Crippen molar-refractivity contribution in [2.75, 3.05) is 10.6 Å². The summed E-state index contributed by atoms with van der Waals surface area (Å²) in [5, 5.41) is 9.21. The van der Waals surface area contributed by atoms with Crippen molar-refractivity contribution in [1.29, 1.82) is 0 Å². The van der Waals surface area contributed by atoms with Gasteiger partial charge in [0.2, 0.25) is 5.91 Å². The molecule has 0 fully saturated rings. The Labute approximate surface area is 151 Å². The first-order valence-corrected chi connectivity index (χ1v) is 8.46. The molecule has 0 aromatic carbocycles. The molecule has 24 heavy (non-hydrogen) atoms. The lowest BCUT2D eigenvalue weighted by Gasteiger charge is -2.03. The normalized spacial score (nSPS) is 10.4. The first kappa shape index (κ1) is 16.6. The fraction of sp³-hybridized carbons (Fsp3) is 0.0667. The van der Waals surface area contributed by atoms with Crippen molar-refractivity contribution in [3.8, 4) is 0 Å². The van der Waals surface area contributed by atoms with Crippen LogP contribution in [-0.2, 0) is 11.2 Å². The second kappa shape index (κ2) is 7.57. The maximum absolute atomic E-state index is 12.0. The number of halogens is 2. The minimum Gasteiger partial charge on any atom is -0.324 e. The van der Waals surface area contributed by atoms with Gasteiger partial charge in [0, 0.05) is 11.6 Å². The maximum atomic E-state index is 12.0. The largest absolute Gasteiger partial charge is 0.324 e. The third-order valence-electron chi connectivity index (χ3n) is 2.87. The number of hydrogen-bond donors (Lipinski definition) is 2. The molecule has 0 atom stereocenters. The summed E-state index contributed by atoms with van der Waals surface area (Å²) in [6, 6.07) is 6.79. The lowest BCUT2D eigenvalue weighted by Crippen LogP contribution is -2.14. The van der Waals surface area contributed by atoms with Crippen molar-refractivity contribution >= 4 is 57.1 Å². The first-order chi connectivity index (χ1) is 11.6. The second-order valence-electron chi connectivity index (χ2n) is 4.73. The lowest BCUT2D eigenvalue weighted by atomic mass is 10.3. The topological polar surface area (TPSA) is 79.8 Å². The molecular formula is C15H11Cl2N5OS. The summed E-state index contributed by atoms with van der Waals surface area (Å²) in [6.45, 7) is 0. The summed E-state index contributed by atoms with van der Waals surface area (Å²) in [5.41, 5.74) is 1.25. The molecule has 0 bridgehead atoms. The van der Waals surface area contributed by atoms with Gasteiger partial charge < -0.3 is 10.6 Å². The van der Waals surface area contributed by atoms with Crippen LogP contribution in [0.2, 0.25) is 10.2 Å². The van der Waals surface area contributed by atoms with Crippen LogP contribution in [0, 0.1) is 0 Å². The van der Waals surface area contributed by atoms with Crippen LogP contribution in [0.4, 0.5) is 16.6 Å². The molecule has 0 aliphatic carbocycles. The molecule has 0 spiro atoms. The summed E-state index contributed by atoms with van der Waals surface area (Å²) in [6.07, 6.45) is 3.21. The summed E-state index contributed by atoms with van der Waals surface area (Å²) in [4.78, 5) is 24.4. The zero-order chi connectivity index (χ0) is 16.9. The molecule has 3 aromatic rings. The van der Waals surface area contributed by atoms with Gasteiger partial charge in [0.05, 0.1) is 29.0 Å². The molecule has 0 unspecified atom stereocenters. The van der Waals surface area contributed by atoms with E-state index in [0.29, 0.717) is 32.5 Å². The first-order valence-electron chi connectivity index (χ1n) is 6.83. The number of carbonyl (C=O) groups is 1. The number of hydrogen-bond acceptors (Lipinski definition) is 6. The van der Waals surface area contributed by atoms with E-state index in [1.807, 2.05) is 5.38 Å². The van der Waals surface area contributed by atoms with E-state index >= 15 is 0 Å². The molecule has 122 valence electrons. The third kappa shape index (κ3) is 4.64. The van der Waals surface area contributed by atoms with Crippen molar-refractivity contribution in [1.82, 2.24) is 15.0 Å². The van der Waals surface area contributed by atoms with Crippen LogP contribution in [0.5, 0.6) is 0 Å². The van der Waals surface area contributed by atoms with Gasteiger partial charge >= 0.3 is 0 Å². The summed E-state index contributed by atoms with van der Waals surface area (Å²) < 4.78 is 0. The fourth-order valence-electron chi connectivity index (χ4n) is 1.82. The third-order valence-corrected chi connectivity index (χ3v) is 4.12. The Morgan fingerprint density at radius 2 is 2.00 bits per heavy atom. The zero-order valence-corrected chi connectivity index (χ0v) is 14.5. The van der Waals surface area contributed by atoms with Crippen LogP contribution in [-0.4, -0.2) is 20.9 Å². The van der Waals surface area contributed by atoms with Crippen LogP contribution in [0.3, 0.4) is 0 Å². The minimum atomic E-state index is -0.180. The van der Waals surface area contributed by atoms with Gasteiger partial charge in [-0.3, -0.25) is 4.79 Å². The molecular weight excluding hydrogens is 369 g/mol. The Hall–Kier alpha value is -2.22. The summed E-state index contributed by atoms with van der Waals surface area (Å²) in [7, 11) is 0. The van der Waals surface area contributed by atoms with E-state index in [-0.39, 0.29) is 12.3 Å². The van der Waals surface area contributed by atoms with Gasteiger partial charge in [0.15, 0.2) is 5.13 Å². The van der Waals surface area contributed by atoms with Crippen molar-refractivity contribution in [2.24, 2.45) is 0 Å². The smallest absolute Gasteiger partial charge is 0.230 e. The van der Waals surface area contributed by atoms with E-state index in [1.54, 1.807) is 30.5 Å². The standard InChI is InChI=1S/C15H11Cl2N5OS/c16-9-1-4-13(19-6-9)22-15-21-11(8-24-15)5-14(23)20-10-2-3-12(17)18-7-10/h1-4,6-8H,5H2,(H,20,23)(H,19,21,22). The number of thiazole rings is 1. The fourth-order valence-corrected chi connectivity index (χ4v) is 2.77. The van der Waals surface area contributed by atoms with Gasteiger partial charge in [-0.25, -0.2) is 15.0 Å². The number of rotatable bonds is 5. The quantitative estimate of drug-likeness (QED) is 0.650. The van der Waals surface area contributed by atoms with Crippen molar-refractivity contribution < 1.29 is 4.79 Å². The van der Waals surface area contributed by atoms with E-state index in [9.17, 15) is 4.79 Å². The van der Waals surface area contributed by atoms with Crippen molar-refractivity contribution in [3.05, 3.63) is 57.9 Å². The molecule has 0 aliphatic heterocycles. The van der Waals surface area contributed by atoms with E-state index in [4.69, 9.17) is 23.2 Å². The number of anilines is 3. The number of aromatic nitrogens is 3. The number of carbonyl (C=O) groups excluding carboxylic acids is 1. The predicted molar refractivity (Wildman–Crippen MR) is 96.2 cm³/mol. The minimum absolute atomic E-state index is 0.162. The van der Waals surface area contributed by atoms with Crippen molar-refractivity contribution in [2.45, 2.75) is 6.42 Å².